The van der Waals surface area contributed by atoms with E-state index in [1.54, 1.807) is 19.5 Å². The molecule has 2 N–H and O–H groups in total. The molecule has 2 aromatic heterocycles. The van der Waals surface area contributed by atoms with E-state index in [4.69, 9.17) is 19.9 Å². The first-order chi connectivity index (χ1) is 12.9. The molecule has 0 fully saturated rings. The van der Waals surface area contributed by atoms with Crippen molar-refractivity contribution in [2.24, 2.45) is 0 Å². The number of nitrogen functional groups attached to an aromatic ring is 1. The highest BCUT2D eigenvalue weighted by molar-refractivity contribution is 5.63. The van der Waals surface area contributed by atoms with Crippen LogP contribution in [-0.2, 0) is 13.1 Å². The third-order valence-corrected chi connectivity index (χ3v) is 4.68. The average molecular weight is 367 g/mol. The van der Waals surface area contributed by atoms with Crippen LogP contribution in [-0.4, -0.2) is 34.0 Å². The van der Waals surface area contributed by atoms with Gasteiger partial charge in [-0.1, -0.05) is 0 Å². The van der Waals surface area contributed by atoms with Crippen molar-refractivity contribution in [3.63, 3.8) is 0 Å². The van der Waals surface area contributed by atoms with Crippen LogP contribution in [0, 0.1) is 20.8 Å². The maximum atomic E-state index is 5.96. The number of hydrogen-bond acceptors (Lipinski definition) is 7. The molecule has 0 spiro atoms. The summed E-state index contributed by atoms with van der Waals surface area (Å²) >= 11 is 0. The Hall–Kier alpha value is -2.93. The minimum Gasteiger partial charge on any atom is -0.496 e. The third-order valence-electron chi connectivity index (χ3n) is 4.68. The normalized spacial score (nSPS) is 11.2. The predicted molar refractivity (Wildman–Crippen MR) is 104 cm³/mol. The second-order valence-electron chi connectivity index (χ2n) is 6.71. The fraction of sp³-hybridized carbons (Fsp3) is 0.350. The summed E-state index contributed by atoms with van der Waals surface area (Å²) in [5, 5.41) is 0. The number of ether oxygens (including phenoxy) is 1. The lowest BCUT2D eigenvalue weighted by molar-refractivity contribution is 0.312. The molecule has 0 amide bonds. The van der Waals surface area contributed by atoms with Crippen LogP contribution in [0.2, 0.25) is 0 Å². The highest BCUT2D eigenvalue weighted by Gasteiger charge is 2.17. The van der Waals surface area contributed by atoms with Gasteiger partial charge in [-0.3, -0.25) is 4.90 Å². The first-order valence-corrected chi connectivity index (χ1v) is 8.74. The Labute approximate surface area is 159 Å². The van der Waals surface area contributed by atoms with E-state index >= 15 is 0 Å². The van der Waals surface area contributed by atoms with Crippen molar-refractivity contribution in [1.82, 2.24) is 19.9 Å². The molecule has 7 heteroatoms. The van der Waals surface area contributed by atoms with E-state index in [2.05, 4.69) is 21.8 Å². The summed E-state index contributed by atoms with van der Waals surface area (Å²) in [5.74, 6) is 2.60. The van der Waals surface area contributed by atoms with Gasteiger partial charge in [0.1, 0.15) is 11.5 Å². The summed E-state index contributed by atoms with van der Waals surface area (Å²) in [6.07, 6.45) is 3.48. The molecule has 0 bridgehead atoms. The van der Waals surface area contributed by atoms with Gasteiger partial charge >= 0.3 is 0 Å². The molecule has 0 radical (unpaired) electrons. The van der Waals surface area contributed by atoms with Crippen LogP contribution in [0.5, 0.6) is 5.75 Å². The Bertz CT molecular complexity index is 934. The Morgan fingerprint density at radius 1 is 1.07 bits per heavy atom. The van der Waals surface area contributed by atoms with Crippen molar-refractivity contribution in [2.45, 2.75) is 33.9 Å². The molecule has 7 nitrogen and oxygen atoms in total. The second-order valence-corrected chi connectivity index (χ2v) is 6.71. The molecule has 3 rings (SSSR count). The number of aryl methyl sites for hydroxylation is 1. The SMILES string of the molecule is COc1ccc(-c2nc(CN(C)Cc3cnc(N)nc3)c(C)o2)c(C)c1C. The van der Waals surface area contributed by atoms with E-state index in [1.165, 1.54) is 0 Å². The Balaban J connectivity index is 1.78. The van der Waals surface area contributed by atoms with E-state index in [9.17, 15) is 0 Å². The summed E-state index contributed by atoms with van der Waals surface area (Å²) in [4.78, 5) is 14.9. The maximum Gasteiger partial charge on any atom is 0.226 e. The van der Waals surface area contributed by atoms with E-state index in [-0.39, 0.29) is 5.95 Å². The van der Waals surface area contributed by atoms with Gasteiger partial charge in [0.25, 0.3) is 0 Å². The van der Waals surface area contributed by atoms with Gasteiger partial charge in [0.15, 0.2) is 0 Å². The number of oxazole rings is 1. The fourth-order valence-corrected chi connectivity index (χ4v) is 3.01. The van der Waals surface area contributed by atoms with E-state index in [0.717, 1.165) is 39.5 Å². The van der Waals surface area contributed by atoms with Gasteiger partial charge in [-0.15, -0.1) is 0 Å². The van der Waals surface area contributed by atoms with Crippen LogP contribution in [0.1, 0.15) is 28.1 Å². The van der Waals surface area contributed by atoms with Crippen molar-refractivity contribution < 1.29 is 9.15 Å². The molecule has 0 aliphatic rings. The number of benzene rings is 1. The highest BCUT2D eigenvalue weighted by atomic mass is 16.5. The quantitative estimate of drug-likeness (QED) is 0.715. The number of anilines is 1. The smallest absolute Gasteiger partial charge is 0.226 e. The lowest BCUT2D eigenvalue weighted by Gasteiger charge is -2.15. The van der Waals surface area contributed by atoms with Crippen LogP contribution >= 0.6 is 0 Å². The molecule has 0 atom stereocenters. The third kappa shape index (κ3) is 4.09. The number of nitrogens with two attached hydrogens (primary N) is 1. The lowest BCUT2D eigenvalue weighted by atomic mass is 10.0. The van der Waals surface area contributed by atoms with E-state index in [0.29, 0.717) is 19.0 Å². The van der Waals surface area contributed by atoms with Crippen molar-refractivity contribution in [2.75, 3.05) is 19.9 Å². The molecular weight excluding hydrogens is 342 g/mol. The zero-order chi connectivity index (χ0) is 19.6. The number of methoxy groups -OCH3 is 1. The molecule has 3 aromatic rings. The summed E-state index contributed by atoms with van der Waals surface area (Å²) in [6.45, 7) is 7.39. The molecule has 2 heterocycles. The largest absolute Gasteiger partial charge is 0.496 e. The van der Waals surface area contributed by atoms with Gasteiger partial charge in [0, 0.05) is 36.6 Å². The van der Waals surface area contributed by atoms with Gasteiger partial charge in [-0.25, -0.2) is 15.0 Å². The number of rotatable bonds is 6. The Morgan fingerprint density at radius 2 is 1.78 bits per heavy atom. The minimum atomic E-state index is 0.281. The molecule has 0 aliphatic carbocycles. The zero-order valence-corrected chi connectivity index (χ0v) is 16.4. The highest BCUT2D eigenvalue weighted by Crippen LogP contribution is 2.31. The van der Waals surface area contributed by atoms with Crippen molar-refractivity contribution in [3.8, 4) is 17.2 Å². The summed E-state index contributed by atoms with van der Waals surface area (Å²) in [5.41, 5.74) is 10.6. The first-order valence-electron chi connectivity index (χ1n) is 8.74. The average Bonchev–Trinajstić information content (AvgIpc) is 2.99. The van der Waals surface area contributed by atoms with Crippen molar-refractivity contribution in [3.05, 3.63) is 52.7 Å². The van der Waals surface area contributed by atoms with Crippen molar-refractivity contribution >= 4 is 5.95 Å². The Morgan fingerprint density at radius 3 is 2.44 bits per heavy atom. The monoisotopic (exact) mass is 367 g/mol. The molecule has 1 aromatic carbocycles. The zero-order valence-electron chi connectivity index (χ0n) is 16.4. The molecule has 27 heavy (non-hydrogen) atoms. The first kappa shape index (κ1) is 18.8. The predicted octanol–water partition coefficient (Wildman–Crippen LogP) is 3.28. The maximum absolute atomic E-state index is 5.96. The van der Waals surface area contributed by atoms with Crippen LogP contribution in [0.3, 0.4) is 0 Å². The second kappa shape index (κ2) is 7.75. The number of nitrogens with zero attached hydrogens (tertiary/aromatic N) is 4. The fourth-order valence-electron chi connectivity index (χ4n) is 3.01. The molecule has 142 valence electrons. The molecule has 0 unspecified atom stereocenters. The van der Waals surface area contributed by atoms with Crippen LogP contribution < -0.4 is 10.5 Å². The van der Waals surface area contributed by atoms with Crippen molar-refractivity contribution in [1.29, 1.82) is 0 Å². The van der Waals surface area contributed by atoms with Crippen LogP contribution in [0.25, 0.3) is 11.5 Å². The topological polar surface area (TPSA) is 90.3 Å². The summed E-state index contributed by atoms with van der Waals surface area (Å²) < 4.78 is 11.3. The van der Waals surface area contributed by atoms with Gasteiger partial charge < -0.3 is 14.9 Å². The summed E-state index contributed by atoms with van der Waals surface area (Å²) in [6, 6.07) is 3.94. The molecule has 0 saturated heterocycles. The van der Waals surface area contributed by atoms with Gasteiger partial charge in [-0.2, -0.15) is 0 Å². The Kier molecular flexibility index (Phi) is 5.41. The minimum absolute atomic E-state index is 0.281. The van der Waals surface area contributed by atoms with Gasteiger partial charge in [0.05, 0.1) is 12.8 Å². The van der Waals surface area contributed by atoms with Crippen LogP contribution in [0.15, 0.2) is 28.9 Å². The van der Waals surface area contributed by atoms with Gasteiger partial charge in [0.2, 0.25) is 11.8 Å². The standard InChI is InChI=1S/C20H25N5O2/c1-12-13(2)18(26-5)7-6-16(12)19-24-17(14(3)27-19)11-25(4)10-15-8-22-20(21)23-9-15/h6-9H,10-11H2,1-5H3,(H2,21,22,23). The van der Waals surface area contributed by atoms with Crippen LogP contribution in [0.4, 0.5) is 5.95 Å². The number of aromatic nitrogens is 3. The molecule has 0 aliphatic heterocycles. The van der Waals surface area contributed by atoms with E-state index < -0.39 is 0 Å². The van der Waals surface area contributed by atoms with Gasteiger partial charge in [-0.05, 0) is 51.1 Å². The molecular formula is C20H25N5O2. The van der Waals surface area contributed by atoms with E-state index in [1.807, 2.05) is 33.0 Å². The lowest BCUT2D eigenvalue weighted by Crippen LogP contribution is -2.18. The molecule has 0 saturated carbocycles. The number of hydrogen-bond donors (Lipinski definition) is 1. The summed E-state index contributed by atoms with van der Waals surface area (Å²) in [7, 11) is 3.70.